The normalized spacial score (nSPS) is 23.1. The summed E-state index contributed by atoms with van der Waals surface area (Å²) in [4.78, 5) is 0. The summed E-state index contributed by atoms with van der Waals surface area (Å²) in [5.74, 6) is 8.45. The summed E-state index contributed by atoms with van der Waals surface area (Å²) in [5.41, 5.74) is 5.86. The molecule has 0 aromatic heterocycles. The molecule has 5 aromatic carbocycles. The molecule has 0 heterocycles. The highest BCUT2D eigenvalue weighted by Gasteiger charge is 2.56. The summed E-state index contributed by atoms with van der Waals surface area (Å²) >= 11 is 0. The minimum absolute atomic E-state index is 0.0397. The van der Waals surface area contributed by atoms with Crippen molar-refractivity contribution in [2.75, 3.05) is 0 Å². The van der Waals surface area contributed by atoms with Gasteiger partial charge in [0.2, 0.25) is 0 Å². The Morgan fingerprint density at radius 3 is 1.17 bits per heavy atom. The van der Waals surface area contributed by atoms with Gasteiger partial charge in [0, 0.05) is 0 Å². The van der Waals surface area contributed by atoms with Crippen LogP contribution in [0, 0.1) is 23.7 Å². The van der Waals surface area contributed by atoms with Gasteiger partial charge in [-0.15, -0.1) is 0 Å². The third kappa shape index (κ3) is 18.4. The summed E-state index contributed by atoms with van der Waals surface area (Å²) < 4.78 is 30.8. The summed E-state index contributed by atoms with van der Waals surface area (Å²) in [6, 6.07) is 40.9. The molecule has 12 rings (SSSR count). The molecule has 0 amide bonds. The SMILES string of the molecule is C=Cc1ccc(OC(C)(C)CC)cc1.C=Cc1ccc(OC2(C)C3CC4CC(C3)CC2C4)cc1.C=Cc1ccc(OC2(C)CCCCC2)cc1.C=Cc1ccc(OC2(CC)CCCC2)cc1.C=Cc1cccc(OC2(C)CCCCC2)c1. The standard InChI is InChI=1S/C19H24O.3C15H20O.C13H18O/c1-3-13-4-6-18(7-5-13)20-19(2)16-9-14-8-15(11-16)12-17(19)10-14;1-3-13-7-9-14(10-8-13)16-15(2)11-5-4-6-12-15;1-3-13-8-7-9-14(12-13)16-15(2)10-5-4-6-11-15;1-3-13-7-9-14(10-8-13)16-15(4-2)11-5-6-12-15;1-5-11-7-9-12(10-8-11)14-13(3,4)6-2/h3-7,14-17H,1,8-12H2,2H3;3,7-10H,1,4-6,11-12H2,2H3;3,7-9,12H,1,4-6,10-11H2,2H3;3,7-10H,1,4-6,11-12H2,2H3;5,7-10H,1,6H2,2-4H3. The Balaban J connectivity index is 0.000000148. The molecule has 82 heavy (non-hydrogen) atoms. The van der Waals surface area contributed by atoms with Crippen molar-refractivity contribution < 1.29 is 23.7 Å². The smallest absolute Gasteiger partial charge is 0.120 e. The van der Waals surface area contributed by atoms with E-state index in [2.05, 4.69) is 136 Å². The van der Waals surface area contributed by atoms with Crippen LogP contribution in [0.4, 0.5) is 0 Å². The zero-order valence-corrected chi connectivity index (χ0v) is 51.7. The zero-order valence-electron chi connectivity index (χ0n) is 51.7. The van der Waals surface area contributed by atoms with Gasteiger partial charge in [-0.25, -0.2) is 0 Å². The van der Waals surface area contributed by atoms with Gasteiger partial charge in [0.15, 0.2) is 0 Å². The van der Waals surface area contributed by atoms with Crippen LogP contribution in [0.15, 0.2) is 154 Å². The van der Waals surface area contributed by atoms with Gasteiger partial charge in [0.05, 0.1) is 0 Å². The molecule has 0 aliphatic heterocycles. The topological polar surface area (TPSA) is 46.2 Å². The van der Waals surface area contributed by atoms with E-state index in [1.54, 1.807) is 0 Å². The lowest BCUT2D eigenvalue weighted by Gasteiger charge is -2.59. The van der Waals surface area contributed by atoms with Gasteiger partial charge < -0.3 is 23.7 Å². The van der Waals surface area contributed by atoms with E-state index in [1.165, 1.54) is 122 Å². The van der Waals surface area contributed by atoms with Gasteiger partial charge in [-0.2, -0.15) is 0 Å². The van der Waals surface area contributed by atoms with Crippen LogP contribution < -0.4 is 23.7 Å². The maximum atomic E-state index is 6.54. The van der Waals surface area contributed by atoms with E-state index in [1.807, 2.05) is 97.1 Å². The van der Waals surface area contributed by atoms with Crippen LogP contribution in [0.2, 0.25) is 0 Å². The molecule has 7 aliphatic carbocycles. The van der Waals surface area contributed by atoms with E-state index in [4.69, 9.17) is 23.7 Å². The number of hydrogen-bond donors (Lipinski definition) is 0. The second-order valence-corrected chi connectivity index (χ2v) is 25.7. The quantitative estimate of drug-likeness (QED) is 0.0928. The predicted molar refractivity (Wildman–Crippen MR) is 350 cm³/mol. The van der Waals surface area contributed by atoms with E-state index in [0.29, 0.717) is 0 Å². The van der Waals surface area contributed by atoms with Crippen molar-refractivity contribution >= 4 is 30.4 Å². The Bertz CT molecular complexity index is 2720. The van der Waals surface area contributed by atoms with Crippen LogP contribution in [0.25, 0.3) is 30.4 Å². The van der Waals surface area contributed by atoms with Gasteiger partial charge in [-0.05, 0) is 269 Å². The van der Waals surface area contributed by atoms with Crippen LogP contribution in [0.5, 0.6) is 28.7 Å². The van der Waals surface area contributed by atoms with Crippen molar-refractivity contribution in [3.63, 3.8) is 0 Å². The molecule has 0 spiro atoms. The molecule has 0 radical (unpaired) electrons. The molecule has 7 saturated carbocycles. The first-order valence-electron chi connectivity index (χ1n) is 31.5. The van der Waals surface area contributed by atoms with Crippen LogP contribution in [-0.4, -0.2) is 28.0 Å². The molecule has 4 bridgehead atoms. The second-order valence-electron chi connectivity index (χ2n) is 25.7. The minimum atomic E-state index is -0.0876. The fraction of sp³-hybridized carbons (Fsp3) is 0.481. The van der Waals surface area contributed by atoms with Crippen LogP contribution in [0.1, 0.15) is 211 Å². The predicted octanol–water partition coefficient (Wildman–Crippen LogP) is 22.1. The number of hydrogen-bond acceptors (Lipinski definition) is 5. The Kier molecular flexibility index (Phi) is 23.1. The van der Waals surface area contributed by atoms with Gasteiger partial charge >= 0.3 is 0 Å². The third-order valence-corrected chi connectivity index (χ3v) is 18.9. The van der Waals surface area contributed by atoms with E-state index < -0.39 is 0 Å². The third-order valence-electron chi connectivity index (χ3n) is 18.9. The largest absolute Gasteiger partial charge is 0.488 e. The first kappa shape index (κ1) is 63.4. The molecule has 440 valence electrons. The Hall–Kier alpha value is -6.20. The molecule has 0 N–H and O–H groups in total. The second kappa shape index (κ2) is 29.9. The van der Waals surface area contributed by atoms with Crippen LogP contribution >= 0.6 is 0 Å². The van der Waals surface area contributed by atoms with E-state index in [9.17, 15) is 0 Å². The number of ether oxygens (including phenoxy) is 5. The van der Waals surface area contributed by atoms with E-state index in [0.717, 1.165) is 93.1 Å². The molecular weight excluding hydrogens is 1000 g/mol. The molecule has 0 saturated heterocycles. The molecule has 0 unspecified atom stereocenters. The molecule has 5 heteroatoms. The average molecular weight is 1110 g/mol. The van der Waals surface area contributed by atoms with Gasteiger partial charge in [0.25, 0.3) is 0 Å². The van der Waals surface area contributed by atoms with Crippen LogP contribution in [-0.2, 0) is 0 Å². The molecule has 5 nitrogen and oxygen atoms in total. The molecular formula is C77H102O5. The van der Waals surface area contributed by atoms with Crippen molar-refractivity contribution in [1.82, 2.24) is 0 Å². The fourth-order valence-corrected chi connectivity index (χ4v) is 13.5. The van der Waals surface area contributed by atoms with Gasteiger partial charge in [0.1, 0.15) is 56.8 Å². The molecule has 7 aliphatic rings. The first-order chi connectivity index (χ1) is 39.5. The lowest BCUT2D eigenvalue weighted by Crippen LogP contribution is -2.59. The van der Waals surface area contributed by atoms with Crippen molar-refractivity contribution in [2.24, 2.45) is 23.7 Å². The molecule has 0 atom stereocenters. The first-order valence-corrected chi connectivity index (χ1v) is 31.5. The Labute approximate surface area is 497 Å². The number of rotatable bonds is 17. The van der Waals surface area contributed by atoms with Crippen LogP contribution in [0.3, 0.4) is 0 Å². The molecule has 5 aromatic rings. The lowest BCUT2D eigenvalue weighted by molar-refractivity contribution is -0.145. The average Bonchev–Trinajstić information content (AvgIpc) is 3.03. The summed E-state index contributed by atoms with van der Waals surface area (Å²) in [6.45, 7) is 34.2. The Morgan fingerprint density at radius 1 is 0.415 bits per heavy atom. The van der Waals surface area contributed by atoms with Crippen molar-refractivity contribution in [3.05, 3.63) is 182 Å². The highest BCUT2D eigenvalue weighted by atomic mass is 16.5. The van der Waals surface area contributed by atoms with E-state index in [-0.39, 0.29) is 28.0 Å². The van der Waals surface area contributed by atoms with Gasteiger partial charge in [-0.3, -0.25) is 0 Å². The zero-order chi connectivity index (χ0) is 58.6. The maximum Gasteiger partial charge on any atom is 0.120 e. The summed E-state index contributed by atoms with van der Waals surface area (Å²) in [5, 5.41) is 0. The summed E-state index contributed by atoms with van der Waals surface area (Å²) in [7, 11) is 0. The minimum Gasteiger partial charge on any atom is -0.488 e. The lowest BCUT2D eigenvalue weighted by atomic mass is 9.50. The van der Waals surface area contributed by atoms with Crippen molar-refractivity contribution in [3.8, 4) is 28.7 Å². The highest BCUT2D eigenvalue weighted by Crippen LogP contribution is 2.59. The summed E-state index contributed by atoms with van der Waals surface area (Å²) in [6.07, 6.45) is 36.0. The fourth-order valence-electron chi connectivity index (χ4n) is 13.5. The monoisotopic (exact) mass is 1110 g/mol. The Morgan fingerprint density at radius 2 is 0.780 bits per heavy atom. The van der Waals surface area contributed by atoms with Crippen molar-refractivity contribution in [1.29, 1.82) is 0 Å². The molecule has 7 fully saturated rings. The van der Waals surface area contributed by atoms with Gasteiger partial charge in [-0.1, -0.05) is 151 Å². The maximum absolute atomic E-state index is 6.54. The number of benzene rings is 5. The highest BCUT2D eigenvalue weighted by molar-refractivity contribution is 5.51. The van der Waals surface area contributed by atoms with Crippen molar-refractivity contribution in [2.45, 2.75) is 211 Å². The van der Waals surface area contributed by atoms with E-state index >= 15 is 0 Å².